The molecule has 0 unspecified atom stereocenters. The Balaban J connectivity index is 2.51. The summed E-state index contributed by atoms with van der Waals surface area (Å²) in [5.41, 5.74) is 1.79. The summed E-state index contributed by atoms with van der Waals surface area (Å²) in [5.74, 6) is 0.972. The fourth-order valence-corrected chi connectivity index (χ4v) is 1.84. The van der Waals surface area contributed by atoms with E-state index in [1.54, 1.807) is 6.92 Å². The zero-order valence-electron chi connectivity index (χ0n) is 13.0. The van der Waals surface area contributed by atoms with Crippen molar-refractivity contribution in [3.8, 4) is 5.75 Å². The van der Waals surface area contributed by atoms with Crippen molar-refractivity contribution in [3.63, 3.8) is 0 Å². The number of Topliss-reactive ketones (excluding diaryl/α,β-unsaturated/α-hetero) is 1. The molecule has 0 fully saturated rings. The van der Waals surface area contributed by atoms with Crippen LogP contribution < -0.4 is 4.74 Å². The third-order valence-corrected chi connectivity index (χ3v) is 3.39. The van der Waals surface area contributed by atoms with Crippen LogP contribution in [0.25, 0.3) is 6.08 Å². The van der Waals surface area contributed by atoms with Crippen LogP contribution in [-0.2, 0) is 4.79 Å². The molecule has 0 atom stereocenters. The smallest absolute Gasteiger partial charge is 0.155 e. The van der Waals surface area contributed by atoms with E-state index in [-0.39, 0.29) is 5.78 Å². The van der Waals surface area contributed by atoms with Gasteiger partial charge in [0, 0.05) is 6.54 Å². The summed E-state index contributed by atoms with van der Waals surface area (Å²) >= 11 is 0. The summed E-state index contributed by atoms with van der Waals surface area (Å²) in [5, 5.41) is 0. The minimum atomic E-state index is 0.101. The first kappa shape index (κ1) is 16.4. The molecule has 1 aromatic rings. The lowest BCUT2D eigenvalue weighted by Gasteiger charge is -2.18. The number of likely N-dealkylation sites (N-methyl/N-ethyl adjacent to an activating group) is 1. The highest BCUT2D eigenvalue weighted by atomic mass is 16.5. The first-order valence-corrected chi connectivity index (χ1v) is 7.21. The molecule has 20 heavy (non-hydrogen) atoms. The van der Waals surface area contributed by atoms with Gasteiger partial charge in [-0.3, -0.25) is 4.79 Å². The van der Waals surface area contributed by atoms with Gasteiger partial charge in [-0.05, 0) is 56.3 Å². The van der Waals surface area contributed by atoms with Crippen molar-refractivity contribution < 1.29 is 9.53 Å². The molecule has 0 bridgehead atoms. The number of nitrogens with zero attached hydrogens (tertiary/aromatic N) is 1. The van der Waals surface area contributed by atoms with Crippen LogP contribution in [0.2, 0.25) is 0 Å². The van der Waals surface area contributed by atoms with Crippen LogP contribution >= 0.6 is 0 Å². The summed E-state index contributed by atoms with van der Waals surface area (Å²) in [7, 11) is 0. The Kier molecular flexibility index (Phi) is 7.02. The summed E-state index contributed by atoms with van der Waals surface area (Å²) in [4.78, 5) is 13.5. The Morgan fingerprint density at radius 3 is 2.25 bits per heavy atom. The molecule has 0 amide bonds. The van der Waals surface area contributed by atoms with Gasteiger partial charge in [0.25, 0.3) is 0 Å². The van der Waals surface area contributed by atoms with Crippen molar-refractivity contribution in [2.24, 2.45) is 0 Å². The number of ether oxygens (including phenoxy) is 1. The molecular formula is C17H25NO2. The van der Waals surface area contributed by atoms with E-state index in [0.717, 1.165) is 36.5 Å². The Morgan fingerprint density at radius 1 is 1.15 bits per heavy atom. The number of ketones is 1. The van der Waals surface area contributed by atoms with Gasteiger partial charge in [0.05, 0.1) is 0 Å². The maximum Gasteiger partial charge on any atom is 0.155 e. The molecule has 1 aromatic carbocycles. The molecule has 3 nitrogen and oxygen atoms in total. The van der Waals surface area contributed by atoms with Gasteiger partial charge < -0.3 is 9.64 Å². The highest BCUT2D eigenvalue weighted by Crippen LogP contribution is 2.14. The molecule has 0 saturated heterocycles. The Labute approximate surface area is 122 Å². The average Bonchev–Trinajstić information content (AvgIpc) is 2.45. The lowest BCUT2D eigenvalue weighted by atomic mass is 10.1. The molecule has 0 N–H and O–H groups in total. The van der Waals surface area contributed by atoms with Crippen LogP contribution in [0.5, 0.6) is 5.75 Å². The molecule has 110 valence electrons. The van der Waals surface area contributed by atoms with E-state index in [4.69, 9.17) is 4.74 Å². The molecule has 0 aliphatic heterocycles. The van der Waals surface area contributed by atoms with Gasteiger partial charge in [-0.1, -0.05) is 26.0 Å². The summed E-state index contributed by atoms with van der Waals surface area (Å²) in [6, 6.07) is 7.83. The quantitative estimate of drug-likeness (QED) is 0.681. The average molecular weight is 275 g/mol. The van der Waals surface area contributed by atoms with E-state index >= 15 is 0 Å². The largest absolute Gasteiger partial charge is 0.492 e. The van der Waals surface area contributed by atoms with Crippen molar-refractivity contribution in [2.45, 2.75) is 27.7 Å². The van der Waals surface area contributed by atoms with E-state index in [2.05, 4.69) is 18.7 Å². The molecule has 0 heterocycles. The Morgan fingerprint density at radius 2 is 1.75 bits per heavy atom. The van der Waals surface area contributed by atoms with Gasteiger partial charge in [0.2, 0.25) is 0 Å². The van der Waals surface area contributed by atoms with Crippen LogP contribution in [0.3, 0.4) is 0 Å². The number of hydrogen-bond acceptors (Lipinski definition) is 3. The van der Waals surface area contributed by atoms with Gasteiger partial charge in [-0.2, -0.15) is 0 Å². The van der Waals surface area contributed by atoms with E-state index in [1.165, 1.54) is 0 Å². The lowest BCUT2D eigenvalue weighted by molar-refractivity contribution is -0.113. The second-order valence-electron chi connectivity index (χ2n) is 4.83. The zero-order chi connectivity index (χ0) is 15.0. The maximum absolute atomic E-state index is 11.2. The molecular weight excluding hydrogens is 250 g/mol. The lowest BCUT2D eigenvalue weighted by Crippen LogP contribution is -2.27. The third-order valence-electron chi connectivity index (χ3n) is 3.39. The van der Waals surface area contributed by atoms with Crippen LogP contribution in [0.1, 0.15) is 33.3 Å². The van der Waals surface area contributed by atoms with E-state index < -0.39 is 0 Å². The van der Waals surface area contributed by atoms with Gasteiger partial charge in [0.15, 0.2) is 5.78 Å². The monoisotopic (exact) mass is 275 g/mol. The fourth-order valence-electron chi connectivity index (χ4n) is 1.84. The predicted octanol–water partition coefficient (Wildman–Crippen LogP) is 3.40. The molecule has 0 radical (unpaired) electrons. The second kappa shape index (κ2) is 8.54. The van der Waals surface area contributed by atoms with E-state index in [9.17, 15) is 4.79 Å². The highest BCUT2D eigenvalue weighted by molar-refractivity contribution is 5.97. The molecule has 0 aromatic heterocycles. The number of benzene rings is 1. The summed E-state index contributed by atoms with van der Waals surface area (Å²) in [6.45, 7) is 11.5. The molecule has 0 spiro atoms. The van der Waals surface area contributed by atoms with Gasteiger partial charge >= 0.3 is 0 Å². The van der Waals surface area contributed by atoms with E-state index in [1.807, 2.05) is 37.3 Å². The van der Waals surface area contributed by atoms with Gasteiger partial charge in [0.1, 0.15) is 12.4 Å². The number of carbonyl (C=O) groups is 1. The molecule has 1 rings (SSSR count). The van der Waals surface area contributed by atoms with Crippen molar-refractivity contribution in [1.29, 1.82) is 0 Å². The Hall–Kier alpha value is -1.61. The minimum Gasteiger partial charge on any atom is -0.492 e. The van der Waals surface area contributed by atoms with Crippen LogP contribution in [0, 0.1) is 0 Å². The number of rotatable bonds is 8. The van der Waals surface area contributed by atoms with Crippen molar-refractivity contribution >= 4 is 11.9 Å². The second-order valence-corrected chi connectivity index (χ2v) is 4.83. The SMILES string of the molecule is CCN(CC)CCOc1ccc(/C=C(/C)C(C)=O)cc1. The third kappa shape index (κ3) is 5.57. The highest BCUT2D eigenvalue weighted by Gasteiger charge is 2.00. The van der Waals surface area contributed by atoms with Crippen molar-refractivity contribution in [2.75, 3.05) is 26.2 Å². The van der Waals surface area contributed by atoms with Gasteiger partial charge in [-0.15, -0.1) is 0 Å². The first-order chi connectivity index (χ1) is 9.56. The Bertz CT molecular complexity index is 445. The first-order valence-electron chi connectivity index (χ1n) is 7.21. The number of carbonyl (C=O) groups excluding carboxylic acids is 1. The summed E-state index contributed by atoms with van der Waals surface area (Å²) < 4.78 is 5.72. The van der Waals surface area contributed by atoms with Crippen LogP contribution in [0.4, 0.5) is 0 Å². The van der Waals surface area contributed by atoms with Crippen LogP contribution in [0.15, 0.2) is 29.8 Å². The maximum atomic E-state index is 11.2. The minimum absolute atomic E-state index is 0.101. The van der Waals surface area contributed by atoms with Crippen molar-refractivity contribution in [1.82, 2.24) is 4.90 Å². The standard InChI is InChI=1S/C17H25NO2/c1-5-18(6-2)11-12-20-17-9-7-16(8-10-17)13-14(3)15(4)19/h7-10,13H,5-6,11-12H2,1-4H3/b14-13-. The molecule has 0 aliphatic carbocycles. The van der Waals surface area contributed by atoms with Crippen LogP contribution in [-0.4, -0.2) is 36.9 Å². The predicted molar refractivity (Wildman–Crippen MR) is 84.1 cm³/mol. The number of allylic oxidation sites excluding steroid dienone is 1. The number of hydrogen-bond donors (Lipinski definition) is 0. The summed E-state index contributed by atoms with van der Waals surface area (Å²) in [6.07, 6.45) is 1.89. The molecule has 0 aliphatic rings. The molecule has 3 heteroatoms. The topological polar surface area (TPSA) is 29.5 Å². The normalized spacial score (nSPS) is 11.8. The fraction of sp³-hybridized carbons (Fsp3) is 0.471. The van der Waals surface area contributed by atoms with Gasteiger partial charge in [-0.25, -0.2) is 0 Å². The zero-order valence-corrected chi connectivity index (χ0v) is 13.0. The van der Waals surface area contributed by atoms with Crippen molar-refractivity contribution in [3.05, 3.63) is 35.4 Å². The van der Waals surface area contributed by atoms with E-state index in [0.29, 0.717) is 6.61 Å². The molecule has 0 saturated carbocycles.